The molecule has 0 unspecified atom stereocenters. The standard InChI is InChI=1S/C11H15ClO7/c1-5(13)17-8-4-16-11(12)10(19-7(3)15)9(8)18-6(2)14/h8-11H,4H2,1-3H3/t8-,9+,10+,11-/m0/s1. The lowest BCUT2D eigenvalue weighted by molar-refractivity contribution is -0.214. The molecule has 0 amide bonds. The van der Waals surface area contributed by atoms with Gasteiger partial charge >= 0.3 is 17.9 Å². The lowest BCUT2D eigenvalue weighted by Gasteiger charge is -2.38. The molecule has 1 rings (SSSR count). The minimum atomic E-state index is -1.04. The van der Waals surface area contributed by atoms with Crippen molar-refractivity contribution in [2.75, 3.05) is 6.61 Å². The van der Waals surface area contributed by atoms with Gasteiger partial charge in [0.2, 0.25) is 0 Å². The highest BCUT2D eigenvalue weighted by Gasteiger charge is 2.46. The van der Waals surface area contributed by atoms with E-state index in [2.05, 4.69) is 0 Å². The van der Waals surface area contributed by atoms with Crippen molar-refractivity contribution in [3.63, 3.8) is 0 Å². The first-order chi connectivity index (χ1) is 8.81. The molecular formula is C11H15ClO7. The van der Waals surface area contributed by atoms with E-state index in [4.69, 9.17) is 30.5 Å². The summed E-state index contributed by atoms with van der Waals surface area (Å²) in [7, 11) is 0. The van der Waals surface area contributed by atoms with Crippen LogP contribution < -0.4 is 0 Å². The predicted octanol–water partition coefficient (Wildman–Crippen LogP) is 0.377. The zero-order chi connectivity index (χ0) is 14.6. The van der Waals surface area contributed by atoms with Crippen LogP contribution in [0, 0.1) is 0 Å². The minimum Gasteiger partial charge on any atom is -0.456 e. The van der Waals surface area contributed by atoms with Gasteiger partial charge in [0, 0.05) is 20.8 Å². The lowest BCUT2D eigenvalue weighted by Crippen LogP contribution is -2.55. The van der Waals surface area contributed by atoms with Crippen molar-refractivity contribution >= 4 is 29.5 Å². The van der Waals surface area contributed by atoms with Crippen molar-refractivity contribution in [3.05, 3.63) is 0 Å². The molecule has 0 aliphatic carbocycles. The van der Waals surface area contributed by atoms with E-state index in [9.17, 15) is 14.4 Å². The van der Waals surface area contributed by atoms with Gasteiger partial charge in [-0.1, -0.05) is 11.6 Å². The number of hydrogen-bond donors (Lipinski definition) is 0. The second-order valence-corrected chi connectivity index (χ2v) is 4.41. The first-order valence-corrected chi connectivity index (χ1v) is 6.02. The number of alkyl halides is 1. The van der Waals surface area contributed by atoms with Gasteiger partial charge in [0.1, 0.15) is 0 Å². The Morgan fingerprint density at radius 3 is 1.89 bits per heavy atom. The van der Waals surface area contributed by atoms with E-state index < -0.39 is 41.8 Å². The zero-order valence-corrected chi connectivity index (χ0v) is 11.5. The molecule has 8 heteroatoms. The van der Waals surface area contributed by atoms with Crippen molar-refractivity contribution < 1.29 is 33.3 Å². The summed E-state index contributed by atoms with van der Waals surface area (Å²) < 4.78 is 20.1. The summed E-state index contributed by atoms with van der Waals surface area (Å²) in [5.41, 5.74) is -0.986. The van der Waals surface area contributed by atoms with Gasteiger partial charge in [0.05, 0.1) is 6.61 Å². The summed E-state index contributed by atoms with van der Waals surface area (Å²) in [6, 6.07) is 0. The summed E-state index contributed by atoms with van der Waals surface area (Å²) in [5, 5.41) is 0. The molecule has 0 saturated carbocycles. The van der Waals surface area contributed by atoms with Crippen LogP contribution in [-0.2, 0) is 33.3 Å². The van der Waals surface area contributed by atoms with Crippen LogP contribution in [0.25, 0.3) is 0 Å². The average Bonchev–Trinajstić information content (AvgIpc) is 2.25. The third-order valence-corrected chi connectivity index (χ3v) is 2.66. The Labute approximate surface area is 115 Å². The molecule has 1 heterocycles. The van der Waals surface area contributed by atoms with Crippen LogP contribution in [0.2, 0.25) is 0 Å². The van der Waals surface area contributed by atoms with Crippen molar-refractivity contribution in [3.8, 4) is 0 Å². The number of halogens is 1. The molecule has 0 bridgehead atoms. The normalized spacial score (nSPS) is 30.3. The van der Waals surface area contributed by atoms with E-state index in [-0.39, 0.29) is 6.61 Å². The smallest absolute Gasteiger partial charge is 0.303 e. The maximum atomic E-state index is 11.1. The Morgan fingerprint density at radius 2 is 1.42 bits per heavy atom. The van der Waals surface area contributed by atoms with Crippen LogP contribution in [0.4, 0.5) is 0 Å². The summed E-state index contributed by atoms with van der Waals surface area (Å²) in [5.74, 6) is -1.79. The van der Waals surface area contributed by atoms with Crippen molar-refractivity contribution in [1.29, 1.82) is 0 Å². The molecule has 1 saturated heterocycles. The summed E-state index contributed by atoms with van der Waals surface area (Å²) >= 11 is 5.88. The van der Waals surface area contributed by atoms with Gasteiger partial charge in [-0.2, -0.15) is 0 Å². The quantitative estimate of drug-likeness (QED) is 0.422. The zero-order valence-electron chi connectivity index (χ0n) is 10.8. The summed E-state index contributed by atoms with van der Waals surface area (Å²) in [6.07, 6.45) is -2.91. The SMILES string of the molecule is CC(=O)O[C@@H]1[C@H](OC(C)=O)[C@@H](OC(C)=O)CO[C@@H]1Cl. The van der Waals surface area contributed by atoms with Crippen molar-refractivity contribution in [2.45, 2.75) is 44.6 Å². The second-order valence-electron chi connectivity index (χ2n) is 3.98. The predicted molar refractivity (Wildman–Crippen MR) is 62.3 cm³/mol. The third kappa shape index (κ3) is 4.68. The average molecular weight is 295 g/mol. The van der Waals surface area contributed by atoms with Gasteiger partial charge in [-0.25, -0.2) is 0 Å². The highest BCUT2D eigenvalue weighted by atomic mass is 35.5. The van der Waals surface area contributed by atoms with Gasteiger partial charge in [-0.15, -0.1) is 0 Å². The molecule has 108 valence electrons. The number of carbonyl (C=O) groups excluding carboxylic acids is 3. The molecule has 1 aliphatic heterocycles. The van der Waals surface area contributed by atoms with E-state index in [0.717, 1.165) is 0 Å². The monoisotopic (exact) mass is 294 g/mol. The third-order valence-electron chi connectivity index (χ3n) is 2.29. The van der Waals surface area contributed by atoms with Gasteiger partial charge in [0.15, 0.2) is 23.9 Å². The van der Waals surface area contributed by atoms with E-state index in [0.29, 0.717) is 0 Å². The molecule has 4 atom stereocenters. The minimum absolute atomic E-state index is 0.0521. The Kier molecular flexibility index (Phi) is 5.56. The van der Waals surface area contributed by atoms with Crippen LogP contribution >= 0.6 is 11.6 Å². The largest absolute Gasteiger partial charge is 0.456 e. The van der Waals surface area contributed by atoms with Gasteiger partial charge < -0.3 is 18.9 Å². The summed E-state index contributed by atoms with van der Waals surface area (Å²) in [4.78, 5) is 33.1. The Bertz CT molecular complexity index is 370. The van der Waals surface area contributed by atoms with Crippen LogP contribution in [0.1, 0.15) is 20.8 Å². The highest BCUT2D eigenvalue weighted by molar-refractivity contribution is 6.20. The highest BCUT2D eigenvalue weighted by Crippen LogP contribution is 2.26. The number of ether oxygens (including phenoxy) is 4. The maximum Gasteiger partial charge on any atom is 0.303 e. The molecule has 7 nitrogen and oxygen atoms in total. The van der Waals surface area contributed by atoms with Gasteiger partial charge in [0.25, 0.3) is 0 Å². The molecule has 0 N–H and O–H groups in total. The molecule has 0 aromatic carbocycles. The second kappa shape index (κ2) is 6.72. The molecule has 0 spiro atoms. The number of rotatable bonds is 3. The molecule has 0 aromatic heterocycles. The number of esters is 3. The lowest BCUT2D eigenvalue weighted by atomic mass is 10.1. The fraction of sp³-hybridized carbons (Fsp3) is 0.727. The van der Waals surface area contributed by atoms with Crippen LogP contribution in [0.5, 0.6) is 0 Å². The molecular weight excluding hydrogens is 280 g/mol. The molecule has 19 heavy (non-hydrogen) atoms. The fourth-order valence-corrected chi connectivity index (χ4v) is 1.97. The van der Waals surface area contributed by atoms with Gasteiger partial charge in [-0.05, 0) is 0 Å². The Balaban J connectivity index is 2.89. The van der Waals surface area contributed by atoms with E-state index in [1.54, 1.807) is 0 Å². The topological polar surface area (TPSA) is 88.1 Å². The first-order valence-electron chi connectivity index (χ1n) is 5.58. The van der Waals surface area contributed by atoms with Gasteiger partial charge in [-0.3, -0.25) is 14.4 Å². The van der Waals surface area contributed by atoms with Crippen LogP contribution in [0.3, 0.4) is 0 Å². The molecule has 1 fully saturated rings. The Morgan fingerprint density at radius 1 is 0.947 bits per heavy atom. The number of hydrogen-bond acceptors (Lipinski definition) is 7. The maximum absolute atomic E-state index is 11.1. The molecule has 0 aromatic rings. The molecule has 1 aliphatic rings. The number of carbonyl (C=O) groups is 3. The summed E-state index contributed by atoms with van der Waals surface area (Å²) in [6.45, 7) is 3.53. The van der Waals surface area contributed by atoms with Crippen LogP contribution in [0.15, 0.2) is 0 Å². The van der Waals surface area contributed by atoms with E-state index in [1.807, 2.05) is 0 Å². The first kappa shape index (κ1) is 15.7. The fourth-order valence-electron chi connectivity index (χ4n) is 1.70. The van der Waals surface area contributed by atoms with E-state index >= 15 is 0 Å². The molecule has 0 radical (unpaired) electrons. The van der Waals surface area contributed by atoms with Crippen LogP contribution in [-0.4, -0.2) is 48.4 Å². The van der Waals surface area contributed by atoms with E-state index in [1.165, 1.54) is 20.8 Å². The Hall–Kier alpha value is -1.34. The van der Waals surface area contributed by atoms with Crippen molar-refractivity contribution in [2.24, 2.45) is 0 Å². The van der Waals surface area contributed by atoms with Crippen molar-refractivity contribution in [1.82, 2.24) is 0 Å².